The zero-order valence-electron chi connectivity index (χ0n) is 14.8. The second-order valence-corrected chi connectivity index (χ2v) is 5.07. The fourth-order valence-electron chi connectivity index (χ4n) is 2.17. The molecule has 1 heterocycles. The zero-order valence-corrected chi connectivity index (χ0v) is 17.1. The molecule has 0 aliphatic heterocycles. The SMILES string of the molecule is CCNC(=NCc1ccc(OC)nc1)NCc1ccccc1OC.I. The molecule has 1 aromatic carbocycles. The molecule has 0 atom stereocenters. The average molecular weight is 456 g/mol. The van der Waals surface area contributed by atoms with Crippen LogP contribution in [0.5, 0.6) is 11.6 Å². The Morgan fingerprint density at radius 2 is 1.88 bits per heavy atom. The minimum atomic E-state index is 0. The highest BCUT2D eigenvalue weighted by Crippen LogP contribution is 2.16. The number of ether oxygens (including phenoxy) is 2. The fourth-order valence-corrected chi connectivity index (χ4v) is 2.17. The van der Waals surface area contributed by atoms with Crippen LogP contribution < -0.4 is 20.1 Å². The number of nitrogens with one attached hydrogen (secondary N) is 2. The Balaban J connectivity index is 0.00000312. The lowest BCUT2D eigenvalue weighted by atomic mass is 10.2. The third-order valence-corrected chi connectivity index (χ3v) is 3.41. The highest BCUT2D eigenvalue weighted by Gasteiger charge is 2.03. The lowest BCUT2D eigenvalue weighted by Crippen LogP contribution is -2.36. The molecule has 7 heteroatoms. The van der Waals surface area contributed by atoms with Crippen LogP contribution in [-0.4, -0.2) is 31.7 Å². The maximum Gasteiger partial charge on any atom is 0.212 e. The molecule has 6 nitrogen and oxygen atoms in total. The molecular weight excluding hydrogens is 431 g/mol. The lowest BCUT2D eigenvalue weighted by Gasteiger charge is -2.13. The highest BCUT2D eigenvalue weighted by molar-refractivity contribution is 14.0. The first kappa shape index (κ1) is 21.0. The minimum Gasteiger partial charge on any atom is -0.496 e. The molecule has 2 N–H and O–H groups in total. The molecule has 25 heavy (non-hydrogen) atoms. The van der Waals surface area contributed by atoms with Crippen molar-refractivity contribution in [3.05, 3.63) is 53.7 Å². The van der Waals surface area contributed by atoms with Crippen molar-refractivity contribution < 1.29 is 9.47 Å². The predicted octanol–water partition coefficient (Wildman–Crippen LogP) is 2.97. The first-order valence-electron chi connectivity index (χ1n) is 7.89. The van der Waals surface area contributed by atoms with Gasteiger partial charge in [0.25, 0.3) is 0 Å². The first-order chi connectivity index (χ1) is 11.8. The molecule has 0 bridgehead atoms. The Bertz CT molecular complexity index is 662. The number of halogens is 1. The maximum atomic E-state index is 5.37. The number of rotatable bonds is 7. The quantitative estimate of drug-likeness (QED) is 0.381. The van der Waals surface area contributed by atoms with E-state index in [1.165, 1.54) is 0 Å². The monoisotopic (exact) mass is 456 g/mol. The van der Waals surface area contributed by atoms with E-state index in [2.05, 4.69) is 20.6 Å². The minimum absolute atomic E-state index is 0. The van der Waals surface area contributed by atoms with Crippen molar-refractivity contribution in [2.24, 2.45) is 4.99 Å². The summed E-state index contributed by atoms with van der Waals surface area (Å²) in [5.41, 5.74) is 2.10. The van der Waals surface area contributed by atoms with Crippen LogP contribution in [0.4, 0.5) is 0 Å². The first-order valence-corrected chi connectivity index (χ1v) is 7.89. The van der Waals surface area contributed by atoms with Crippen LogP contribution in [0.25, 0.3) is 0 Å². The van der Waals surface area contributed by atoms with Crippen molar-refractivity contribution in [3.8, 4) is 11.6 Å². The van der Waals surface area contributed by atoms with E-state index in [4.69, 9.17) is 9.47 Å². The van der Waals surface area contributed by atoms with Crippen molar-refractivity contribution in [2.75, 3.05) is 20.8 Å². The highest BCUT2D eigenvalue weighted by atomic mass is 127. The fraction of sp³-hybridized carbons (Fsp3) is 0.333. The van der Waals surface area contributed by atoms with E-state index < -0.39 is 0 Å². The van der Waals surface area contributed by atoms with Crippen LogP contribution in [0, 0.1) is 0 Å². The summed E-state index contributed by atoms with van der Waals surface area (Å²) in [6, 6.07) is 11.7. The third-order valence-electron chi connectivity index (χ3n) is 3.41. The zero-order chi connectivity index (χ0) is 17.2. The topological polar surface area (TPSA) is 67.8 Å². The van der Waals surface area contributed by atoms with E-state index in [1.54, 1.807) is 20.4 Å². The van der Waals surface area contributed by atoms with E-state index >= 15 is 0 Å². The van der Waals surface area contributed by atoms with Crippen LogP contribution in [0.15, 0.2) is 47.6 Å². The van der Waals surface area contributed by atoms with Crippen LogP contribution >= 0.6 is 24.0 Å². The van der Waals surface area contributed by atoms with Gasteiger partial charge in [-0.1, -0.05) is 24.3 Å². The van der Waals surface area contributed by atoms with Gasteiger partial charge in [0.15, 0.2) is 5.96 Å². The van der Waals surface area contributed by atoms with Crippen LogP contribution in [0.3, 0.4) is 0 Å². The molecule has 0 saturated heterocycles. The van der Waals surface area contributed by atoms with Gasteiger partial charge in [-0.05, 0) is 18.6 Å². The normalized spacial score (nSPS) is 10.6. The molecule has 2 aromatic rings. The van der Waals surface area contributed by atoms with Gasteiger partial charge < -0.3 is 20.1 Å². The molecule has 0 aliphatic rings. The predicted molar refractivity (Wildman–Crippen MR) is 111 cm³/mol. The standard InChI is InChI=1S/C18H24N4O2.HI/c1-4-19-18(21-12-14-9-10-17(24-3)20-11-14)22-13-15-7-5-6-8-16(15)23-2;/h5-11H,4,12-13H2,1-3H3,(H2,19,21,22);1H. The summed E-state index contributed by atoms with van der Waals surface area (Å²) in [5.74, 6) is 2.21. The molecule has 0 radical (unpaired) electrons. The Labute approximate surface area is 166 Å². The van der Waals surface area contributed by atoms with Crippen LogP contribution in [0.1, 0.15) is 18.1 Å². The molecule has 2 rings (SSSR count). The van der Waals surface area contributed by atoms with Gasteiger partial charge in [0, 0.05) is 30.9 Å². The summed E-state index contributed by atoms with van der Waals surface area (Å²) in [7, 11) is 3.28. The van der Waals surface area contributed by atoms with Crippen molar-refractivity contribution in [3.63, 3.8) is 0 Å². The van der Waals surface area contributed by atoms with Gasteiger partial charge in [-0.3, -0.25) is 0 Å². The summed E-state index contributed by atoms with van der Waals surface area (Å²) >= 11 is 0. The molecule has 136 valence electrons. The molecule has 1 aromatic heterocycles. The largest absolute Gasteiger partial charge is 0.496 e. The van der Waals surface area contributed by atoms with Gasteiger partial charge in [-0.2, -0.15) is 0 Å². The maximum absolute atomic E-state index is 5.37. The van der Waals surface area contributed by atoms with E-state index in [1.807, 2.05) is 43.3 Å². The van der Waals surface area contributed by atoms with E-state index in [0.717, 1.165) is 29.4 Å². The van der Waals surface area contributed by atoms with Gasteiger partial charge in [0.05, 0.1) is 20.8 Å². The number of aliphatic imine (C=N–C) groups is 1. The molecular formula is C18H25IN4O2. The summed E-state index contributed by atoms with van der Waals surface area (Å²) < 4.78 is 10.4. The Hall–Kier alpha value is -2.03. The second-order valence-electron chi connectivity index (χ2n) is 5.07. The van der Waals surface area contributed by atoms with Crippen molar-refractivity contribution in [1.82, 2.24) is 15.6 Å². The van der Waals surface area contributed by atoms with Gasteiger partial charge >= 0.3 is 0 Å². The molecule has 0 spiro atoms. The summed E-state index contributed by atoms with van der Waals surface area (Å²) in [4.78, 5) is 8.77. The van der Waals surface area contributed by atoms with Gasteiger partial charge in [-0.25, -0.2) is 9.98 Å². The number of benzene rings is 1. The number of para-hydroxylation sites is 1. The smallest absolute Gasteiger partial charge is 0.212 e. The van der Waals surface area contributed by atoms with Crippen LogP contribution in [-0.2, 0) is 13.1 Å². The van der Waals surface area contributed by atoms with Crippen molar-refractivity contribution in [2.45, 2.75) is 20.0 Å². The third kappa shape index (κ3) is 6.77. The van der Waals surface area contributed by atoms with E-state index in [9.17, 15) is 0 Å². The Morgan fingerprint density at radius 1 is 1.08 bits per heavy atom. The number of aromatic nitrogens is 1. The van der Waals surface area contributed by atoms with Gasteiger partial charge in [0.1, 0.15) is 5.75 Å². The summed E-state index contributed by atoms with van der Waals surface area (Å²) in [5, 5.41) is 6.55. The number of guanidine groups is 1. The van der Waals surface area contributed by atoms with E-state index in [-0.39, 0.29) is 24.0 Å². The molecule has 0 unspecified atom stereocenters. The van der Waals surface area contributed by atoms with E-state index in [0.29, 0.717) is 19.0 Å². The number of nitrogens with zero attached hydrogens (tertiary/aromatic N) is 2. The molecule has 0 saturated carbocycles. The molecule has 0 aliphatic carbocycles. The average Bonchev–Trinajstić information content (AvgIpc) is 2.64. The lowest BCUT2D eigenvalue weighted by molar-refractivity contribution is 0.397. The van der Waals surface area contributed by atoms with Crippen molar-refractivity contribution in [1.29, 1.82) is 0 Å². The number of hydrogen-bond donors (Lipinski definition) is 2. The number of methoxy groups -OCH3 is 2. The number of hydrogen-bond acceptors (Lipinski definition) is 4. The second kappa shape index (κ2) is 11.5. The van der Waals surface area contributed by atoms with Crippen LogP contribution in [0.2, 0.25) is 0 Å². The molecule has 0 amide bonds. The Morgan fingerprint density at radius 3 is 2.52 bits per heavy atom. The molecule has 0 fully saturated rings. The number of pyridine rings is 1. The Kier molecular flexibility index (Phi) is 9.68. The van der Waals surface area contributed by atoms with Crippen molar-refractivity contribution >= 4 is 29.9 Å². The summed E-state index contributed by atoms with van der Waals surface area (Å²) in [6.07, 6.45) is 1.77. The van der Waals surface area contributed by atoms with Gasteiger partial charge in [-0.15, -0.1) is 24.0 Å². The van der Waals surface area contributed by atoms with Gasteiger partial charge in [0.2, 0.25) is 5.88 Å². The summed E-state index contributed by atoms with van der Waals surface area (Å²) in [6.45, 7) is 4.00.